The number of aliphatic carboxylic acids is 1. The molecule has 45 heavy (non-hydrogen) atoms. The van der Waals surface area contributed by atoms with Gasteiger partial charge in [-0.2, -0.15) is 0 Å². The minimum atomic E-state index is -1.14. The fraction of sp³-hybridized carbons (Fsp3) is 0.486. The SMILES string of the molecule is CC1[C@H]2CCCCCc3c(nc4ccccc4c3O)O[C@@H]3C[C@@H](C(=O)O)N(C3)C(=O)[C@H](C3Cc4ccccc4C3)NC(=O)O[C@H]12. The molecule has 0 spiro atoms. The molecule has 4 aliphatic rings. The van der Waals surface area contributed by atoms with Gasteiger partial charge < -0.3 is 29.9 Å². The predicted octanol–water partition coefficient (Wildman–Crippen LogP) is 4.63. The average molecular weight is 614 g/mol. The number of amides is 2. The van der Waals surface area contributed by atoms with Crippen LogP contribution in [0.25, 0.3) is 10.9 Å². The summed E-state index contributed by atoms with van der Waals surface area (Å²) in [6.45, 7) is 2.09. The van der Waals surface area contributed by atoms with Crippen LogP contribution in [-0.2, 0) is 33.6 Å². The van der Waals surface area contributed by atoms with Gasteiger partial charge in [0.25, 0.3) is 0 Å². The van der Waals surface area contributed by atoms with Crippen LogP contribution in [0.4, 0.5) is 4.79 Å². The molecule has 3 aromatic rings. The van der Waals surface area contributed by atoms with Crippen LogP contribution in [0.2, 0.25) is 0 Å². The molecule has 10 nitrogen and oxygen atoms in total. The highest BCUT2D eigenvalue weighted by atomic mass is 16.6. The van der Waals surface area contributed by atoms with Crippen LogP contribution in [0.5, 0.6) is 11.6 Å². The number of rotatable bonds is 2. The van der Waals surface area contributed by atoms with E-state index in [1.54, 1.807) is 6.07 Å². The normalized spacial score (nSPS) is 29.0. The minimum absolute atomic E-state index is 0.0130. The Bertz CT molecular complexity index is 1620. The molecule has 2 amide bonds. The average Bonchev–Trinajstić information content (AvgIpc) is 3.35. The first-order valence-corrected chi connectivity index (χ1v) is 16.1. The van der Waals surface area contributed by atoms with Gasteiger partial charge >= 0.3 is 12.1 Å². The molecule has 0 radical (unpaired) electrons. The maximum Gasteiger partial charge on any atom is 0.408 e. The molecule has 3 heterocycles. The van der Waals surface area contributed by atoms with Gasteiger partial charge in [-0.3, -0.25) is 4.79 Å². The van der Waals surface area contributed by atoms with Crippen molar-refractivity contribution in [2.75, 3.05) is 6.54 Å². The lowest BCUT2D eigenvalue weighted by Gasteiger charge is -2.30. The number of carboxylic acids is 1. The highest BCUT2D eigenvalue weighted by Gasteiger charge is 2.50. The first-order valence-electron chi connectivity index (χ1n) is 16.1. The number of para-hydroxylation sites is 1. The van der Waals surface area contributed by atoms with E-state index in [0.717, 1.165) is 36.8 Å². The Hall–Kier alpha value is -4.34. The molecule has 7 rings (SSSR count). The number of aromatic nitrogens is 1. The number of nitrogens with zero attached hydrogens (tertiary/aromatic N) is 2. The Morgan fingerprint density at radius 3 is 2.49 bits per heavy atom. The third-order valence-corrected chi connectivity index (χ3v) is 10.3. The number of hydrogen-bond donors (Lipinski definition) is 3. The Morgan fingerprint density at radius 1 is 1.00 bits per heavy atom. The number of pyridine rings is 1. The lowest BCUT2D eigenvalue weighted by molar-refractivity contribution is -0.149. The third kappa shape index (κ3) is 5.66. The molecule has 1 saturated heterocycles. The number of ether oxygens (including phenoxy) is 2. The highest BCUT2D eigenvalue weighted by Crippen LogP contribution is 2.45. The number of benzene rings is 2. The van der Waals surface area contributed by atoms with E-state index in [9.17, 15) is 24.6 Å². The Labute approximate surface area is 261 Å². The number of carbonyl (C=O) groups excluding carboxylic acids is 2. The van der Waals surface area contributed by atoms with E-state index in [1.807, 2.05) is 42.5 Å². The summed E-state index contributed by atoms with van der Waals surface area (Å²) < 4.78 is 12.2. The maximum atomic E-state index is 14.3. The monoisotopic (exact) mass is 613 g/mol. The second-order valence-corrected chi connectivity index (χ2v) is 13.1. The number of aromatic hydroxyl groups is 1. The molecule has 2 aliphatic carbocycles. The number of alkyl carbamates (subject to hydrolysis) is 1. The van der Waals surface area contributed by atoms with E-state index in [4.69, 9.17) is 14.5 Å². The predicted molar refractivity (Wildman–Crippen MR) is 165 cm³/mol. The van der Waals surface area contributed by atoms with Crippen molar-refractivity contribution in [2.45, 2.75) is 82.6 Å². The Kier molecular flexibility index (Phi) is 7.75. The van der Waals surface area contributed by atoms with Crippen molar-refractivity contribution in [3.8, 4) is 11.6 Å². The van der Waals surface area contributed by atoms with Gasteiger partial charge in [-0.15, -0.1) is 0 Å². The van der Waals surface area contributed by atoms with Crippen LogP contribution in [-0.4, -0.2) is 68.9 Å². The lowest BCUT2D eigenvalue weighted by atomic mass is 9.95. The molecular formula is C35H39N3O7. The van der Waals surface area contributed by atoms with E-state index in [0.29, 0.717) is 35.7 Å². The summed E-state index contributed by atoms with van der Waals surface area (Å²) in [6.07, 6.45) is 3.86. The largest absolute Gasteiger partial charge is 0.507 e. The fourth-order valence-corrected chi connectivity index (χ4v) is 7.71. The van der Waals surface area contributed by atoms with Gasteiger partial charge in [-0.1, -0.05) is 56.2 Å². The zero-order chi connectivity index (χ0) is 31.2. The van der Waals surface area contributed by atoms with E-state index >= 15 is 0 Å². The molecule has 3 N–H and O–H groups in total. The zero-order valence-electron chi connectivity index (χ0n) is 25.4. The quantitative estimate of drug-likeness (QED) is 0.380. The van der Waals surface area contributed by atoms with Gasteiger partial charge in [-0.05, 0) is 67.2 Å². The minimum Gasteiger partial charge on any atom is -0.507 e. The van der Waals surface area contributed by atoms with Crippen LogP contribution in [0.15, 0.2) is 48.5 Å². The van der Waals surface area contributed by atoms with E-state index in [1.165, 1.54) is 4.90 Å². The van der Waals surface area contributed by atoms with Gasteiger partial charge in [0.15, 0.2) is 0 Å². The first-order chi connectivity index (χ1) is 21.8. The molecule has 10 heteroatoms. The van der Waals surface area contributed by atoms with Crippen LogP contribution in [0.3, 0.4) is 0 Å². The van der Waals surface area contributed by atoms with Crippen LogP contribution >= 0.6 is 0 Å². The van der Waals surface area contributed by atoms with Gasteiger partial charge in [0, 0.05) is 17.7 Å². The standard InChI is InChI=1S/C35H39N3O7/c1-19-24-11-3-2-4-13-26-30(39)25-12-7-8-14-27(25)36-32(26)44-23-17-28(34(41)42)38(18-23)33(40)29(37-35(43)45-31(19)24)22-15-20-9-5-6-10-21(20)16-22/h5-10,12,14,19,22-24,28-29,31H,2-4,11,13,15-18H2,1H3,(H,36,39)(H,37,43)(H,41,42)/t19?,23-,24-,28+,29+,31-/m1/s1. The first kappa shape index (κ1) is 29.4. The molecule has 6 atom stereocenters. The van der Waals surface area contributed by atoms with Gasteiger partial charge in [0.2, 0.25) is 11.8 Å². The number of fused-ring (bicyclic) bond motifs is 6. The Balaban J connectivity index is 1.22. The number of carboxylic acid groups (broad SMARTS) is 1. The molecule has 2 aromatic carbocycles. The van der Waals surface area contributed by atoms with Crippen LogP contribution in [0.1, 0.15) is 55.7 Å². The summed E-state index contributed by atoms with van der Waals surface area (Å²) in [6, 6.07) is 13.2. The van der Waals surface area contributed by atoms with Crippen molar-refractivity contribution in [3.05, 3.63) is 65.2 Å². The summed E-state index contributed by atoms with van der Waals surface area (Å²) >= 11 is 0. The van der Waals surface area contributed by atoms with E-state index < -0.39 is 36.2 Å². The molecule has 2 bridgehead atoms. The highest BCUT2D eigenvalue weighted by molar-refractivity contribution is 5.90. The van der Waals surface area contributed by atoms with Crippen molar-refractivity contribution in [1.29, 1.82) is 0 Å². The van der Waals surface area contributed by atoms with Crippen molar-refractivity contribution in [3.63, 3.8) is 0 Å². The summed E-state index contributed by atoms with van der Waals surface area (Å²) in [5.41, 5.74) is 3.41. The van der Waals surface area contributed by atoms with Crippen LogP contribution in [0, 0.1) is 17.8 Å². The fourth-order valence-electron chi connectivity index (χ4n) is 7.71. The molecule has 1 aromatic heterocycles. The third-order valence-electron chi connectivity index (χ3n) is 10.3. The summed E-state index contributed by atoms with van der Waals surface area (Å²) in [7, 11) is 0. The van der Waals surface area contributed by atoms with Crippen molar-refractivity contribution >= 4 is 28.9 Å². The van der Waals surface area contributed by atoms with Gasteiger partial charge in [0.05, 0.1) is 17.6 Å². The van der Waals surface area contributed by atoms with Crippen molar-refractivity contribution < 1.29 is 34.1 Å². The zero-order valence-corrected chi connectivity index (χ0v) is 25.4. The summed E-state index contributed by atoms with van der Waals surface area (Å²) in [4.78, 5) is 46.2. The molecule has 2 fully saturated rings. The number of hydrogen-bond acceptors (Lipinski definition) is 7. The molecular weight excluding hydrogens is 574 g/mol. The smallest absolute Gasteiger partial charge is 0.408 e. The van der Waals surface area contributed by atoms with Gasteiger partial charge in [-0.25, -0.2) is 14.6 Å². The van der Waals surface area contributed by atoms with Gasteiger partial charge in [0.1, 0.15) is 30.0 Å². The van der Waals surface area contributed by atoms with Crippen molar-refractivity contribution in [1.82, 2.24) is 15.2 Å². The number of carbonyl (C=O) groups is 3. The van der Waals surface area contributed by atoms with E-state index in [-0.39, 0.29) is 48.5 Å². The topological polar surface area (TPSA) is 138 Å². The molecule has 1 unspecified atom stereocenters. The van der Waals surface area contributed by atoms with Crippen LogP contribution < -0.4 is 10.1 Å². The maximum absolute atomic E-state index is 14.3. The second-order valence-electron chi connectivity index (χ2n) is 13.1. The summed E-state index contributed by atoms with van der Waals surface area (Å²) in [5.74, 6) is -0.966. The molecule has 1 saturated carbocycles. The summed E-state index contributed by atoms with van der Waals surface area (Å²) in [5, 5.41) is 25.0. The molecule has 2 aliphatic heterocycles. The second kappa shape index (κ2) is 11.9. The van der Waals surface area contributed by atoms with Crippen molar-refractivity contribution in [2.24, 2.45) is 17.8 Å². The van der Waals surface area contributed by atoms with E-state index in [2.05, 4.69) is 12.2 Å². The molecule has 236 valence electrons. The number of nitrogens with one attached hydrogen (secondary N) is 1. The lowest BCUT2D eigenvalue weighted by Crippen LogP contribution is -2.55. The Morgan fingerprint density at radius 2 is 1.73 bits per heavy atom.